The topological polar surface area (TPSA) is 96.0 Å². The van der Waals surface area contributed by atoms with Crippen molar-refractivity contribution in [2.24, 2.45) is 0 Å². The van der Waals surface area contributed by atoms with Crippen LogP contribution in [0, 0.1) is 0 Å². The lowest BCUT2D eigenvalue weighted by molar-refractivity contribution is -0.147. The molecular weight excluding hydrogens is 248 g/mol. The van der Waals surface area contributed by atoms with Crippen LogP contribution in [0.25, 0.3) is 0 Å². The highest BCUT2D eigenvalue weighted by Crippen LogP contribution is 2.17. The van der Waals surface area contributed by atoms with Crippen molar-refractivity contribution in [2.75, 3.05) is 0 Å². The first-order valence-corrected chi connectivity index (χ1v) is 6.68. The Morgan fingerprint density at radius 3 is 1.24 bits per heavy atom. The van der Waals surface area contributed by atoms with E-state index in [-0.39, 0.29) is 0 Å². The largest absolute Gasteiger partial charge is 0.712 e. The third-order valence-corrected chi connectivity index (χ3v) is 4.09. The van der Waals surface area contributed by atoms with Gasteiger partial charge in [-0.25, -0.2) is 0 Å². The van der Waals surface area contributed by atoms with Crippen LogP contribution < -0.4 is 0 Å². The predicted molar refractivity (Wildman–Crippen MR) is 56.5 cm³/mol. The summed E-state index contributed by atoms with van der Waals surface area (Å²) in [5.41, 5.74) is 0. The van der Waals surface area contributed by atoms with Crippen LogP contribution in [-0.4, -0.2) is 32.5 Å². The van der Waals surface area contributed by atoms with Crippen molar-refractivity contribution >= 4 is 32.5 Å². The van der Waals surface area contributed by atoms with E-state index >= 15 is 0 Å². The van der Waals surface area contributed by atoms with Crippen LogP contribution in [0.2, 0.25) is 6.04 Å². The molecule has 17 heavy (non-hydrogen) atoms. The Balaban J connectivity index is 5.16. The van der Waals surface area contributed by atoms with Crippen LogP contribution in [0.4, 0.5) is 0 Å². The number of Topliss-reactive ketones (excluding diaryl/α,β-unsaturated/α-hetero) is 1. The number of ketones is 1. The van der Waals surface area contributed by atoms with E-state index < -0.39 is 38.5 Å². The summed E-state index contributed by atoms with van der Waals surface area (Å²) in [6.45, 7) is 4.40. The fraction of sp³-hybridized carbons (Fsp3) is 0.556. The van der Waals surface area contributed by atoms with Crippen LogP contribution in [0.3, 0.4) is 0 Å². The minimum atomic E-state index is -3.95. The first kappa shape index (κ1) is 15.3. The van der Waals surface area contributed by atoms with Crippen molar-refractivity contribution in [3.63, 3.8) is 0 Å². The lowest BCUT2D eigenvalue weighted by Crippen LogP contribution is -2.50. The molecular formula is C9H14O7Si. The van der Waals surface area contributed by atoms with Crippen molar-refractivity contribution < 1.29 is 32.5 Å². The Labute approximate surface area is 99.4 Å². The normalized spacial score (nSPS) is 10.4. The summed E-state index contributed by atoms with van der Waals surface area (Å²) >= 11 is 0. The SMILES string of the molecule is CC(=O)C[Si](OC(C)=O)(OC(C)=O)OC(C)=O. The molecule has 0 N–H and O–H groups in total. The second-order valence-corrected chi connectivity index (χ2v) is 5.67. The lowest BCUT2D eigenvalue weighted by atomic mass is 10.5. The standard InChI is InChI=1S/C9H14O7Si/c1-6(10)5-17(14-7(2)11,15-8(3)12)16-9(4)13/h5H2,1-4H3. The van der Waals surface area contributed by atoms with Gasteiger partial charge in [0.2, 0.25) is 0 Å². The zero-order chi connectivity index (χ0) is 13.6. The fourth-order valence-corrected chi connectivity index (χ4v) is 3.40. The van der Waals surface area contributed by atoms with E-state index in [0.29, 0.717) is 0 Å². The van der Waals surface area contributed by atoms with Gasteiger partial charge in [-0.3, -0.25) is 19.2 Å². The highest BCUT2D eigenvalue weighted by molar-refractivity contribution is 6.68. The van der Waals surface area contributed by atoms with Crippen molar-refractivity contribution in [1.82, 2.24) is 0 Å². The highest BCUT2D eigenvalue weighted by atomic mass is 28.4. The lowest BCUT2D eigenvalue weighted by Gasteiger charge is -2.25. The molecule has 96 valence electrons. The van der Waals surface area contributed by atoms with E-state index in [1.807, 2.05) is 0 Å². The second-order valence-electron chi connectivity index (χ2n) is 3.34. The van der Waals surface area contributed by atoms with E-state index in [9.17, 15) is 19.2 Å². The van der Waals surface area contributed by atoms with Crippen molar-refractivity contribution in [3.05, 3.63) is 0 Å². The molecule has 0 bridgehead atoms. The minimum absolute atomic E-state index is 0.416. The zero-order valence-corrected chi connectivity index (χ0v) is 11.1. The minimum Gasteiger partial charge on any atom is -0.455 e. The van der Waals surface area contributed by atoms with Gasteiger partial charge in [-0.15, -0.1) is 0 Å². The van der Waals surface area contributed by atoms with Gasteiger partial charge in [0, 0.05) is 20.8 Å². The van der Waals surface area contributed by atoms with Gasteiger partial charge in [-0.1, -0.05) is 0 Å². The maximum absolute atomic E-state index is 11.1. The molecule has 0 heterocycles. The summed E-state index contributed by atoms with van der Waals surface area (Å²) in [6.07, 6.45) is 0. The molecule has 0 aliphatic heterocycles. The molecule has 0 aliphatic carbocycles. The van der Waals surface area contributed by atoms with E-state index in [1.54, 1.807) is 0 Å². The molecule has 0 rings (SSSR count). The third-order valence-electron chi connectivity index (χ3n) is 1.36. The third kappa shape index (κ3) is 6.46. The van der Waals surface area contributed by atoms with E-state index in [4.69, 9.17) is 13.3 Å². The number of carbonyl (C=O) groups excluding carboxylic acids is 4. The highest BCUT2D eigenvalue weighted by Gasteiger charge is 2.53. The number of rotatable bonds is 5. The van der Waals surface area contributed by atoms with Gasteiger partial charge >= 0.3 is 8.80 Å². The Bertz CT molecular complexity index is 280. The van der Waals surface area contributed by atoms with E-state index in [2.05, 4.69) is 0 Å². The van der Waals surface area contributed by atoms with E-state index in [1.165, 1.54) is 6.92 Å². The summed E-state index contributed by atoms with van der Waals surface area (Å²) in [4.78, 5) is 43.8. The van der Waals surface area contributed by atoms with Crippen molar-refractivity contribution in [3.8, 4) is 0 Å². The van der Waals surface area contributed by atoms with E-state index in [0.717, 1.165) is 20.8 Å². The molecule has 0 aromatic carbocycles. The Morgan fingerprint density at radius 2 is 1.06 bits per heavy atom. The maximum Gasteiger partial charge on any atom is 0.712 e. The van der Waals surface area contributed by atoms with Crippen LogP contribution in [0.1, 0.15) is 27.7 Å². The molecule has 0 fully saturated rings. The molecule has 0 atom stereocenters. The Hall–Kier alpha value is -1.70. The Morgan fingerprint density at radius 1 is 0.765 bits per heavy atom. The summed E-state index contributed by atoms with van der Waals surface area (Å²) in [6, 6.07) is -0.425. The van der Waals surface area contributed by atoms with Crippen molar-refractivity contribution in [2.45, 2.75) is 33.7 Å². The maximum atomic E-state index is 11.1. The summed E-state index contributed by atoms with van der Waals surface area (Å²) in [5, 5.41) is 0. The average molecular weight is 262 g/mol. The number of hydrogen-bond acceptors (Lipinski definition) is 7. The molecule has 0 aromatic rings. The quantitative estimate of drug-likeness (QED) is 0.653. The second kappa shape index (κ2) is 6.14. The smallest absolute Gasteiger partial charge is 0.455 e. The first-order valence-electron chi connectivity index (χ1n) is 4.75. The molecule has 0 aliphatic rings. The summed E-state index contributed by atoms with van der Waals surface area (Å²) in [5.74, 6) is -2.79. The van der Waals surface area contributed by atoms with Gasteiger partial charge < -0.3 is 13.3 Å². The molecule has 0 saturated heterocycles. The van der Waals surface area contributed by atoms with Crippen molar-refractivity contribution in [1.29, 1.82) is 0 Å². The molecule has 7 nitrogen and oxygen atoms in total. The molecule has 0 radical (unpaired) electrons. The first-order chi connectivity index (χ1) is 7.67. The van der Waals surface area contributed by atoms with Crippen LogP contribution in [0.5, 0.6) is 0 Å². The molecule has 0 amide bonds. The van der Waals surface area contributed by atoms with Gasteiger partial charge in [0.25, 0.3) is 17.9 Å². The fourth-order valence-electron chi connectivity index (χ4n) is 1.13. The molecule has 0 aromatic heterocycles. The summed E-state index contributed by atoms with van der Waals surface area (Å²) < 4.78 is 14.3. The number of hydrogen-bond donors (Lipinski definition) is 0. The van der Waals surface area contributed by atoms with Crippen LogP contribution in [0.15, 0.2) is 0 Å². The van der Waals surface area contributed by atoms with Gasteiger partial charge in [-0.2, -0.15) is 0 Å². The molecule has 0 unspecified atom stereocenters. The summed E-state index contributed by atoms with van der Waals surface area (Å²) in [7, 11) is -3.95. The van der Waals surface area contributed by atoms with Crippen LogP contribution >= 0.6 is 0 Å². The predicted octanol–water partition coefficient (Wildman–Crippen LogP) is 0.204. The van der Waals surface area contributed by atoms with Gasteiger partial charge in [0.05, 0.1) is 0 Å². The number of carbonyl (C=O) groups is 4. The average Bonchev–Trinajstić information content (AvgIpc) is 1.95. The molecule has 8 heteroatoms. The zero-order valence-electron chi connectivity index (χ0n) is 10.1. The van der Waals surface area contributed by atoms with Gasteiger partial charge in [-0.05, 0) is 6.92 Å². The van der Waals surface area contributed by atoms with Gasteiger partial charge in [0.1, 0.15) is 11.8 Å². The van der Waals surface area contributed by atoms with Gasteiger partial charge in [0.15, 0.2) is 0 Å². The Kier molecular flexibility index (Phi) is 5.52. The monoisotopic (exact) mass is 262 g/mol. The van der Waals surface area contributed by atoms with Crippen LogP contribution in [-0.2, 0) is 32.5 Å². The molecule has 0 spiro atoms. The molecule has 0 saturated carbocycles.